The average Bonchev–Trinajstić information content (AvgIpc) is 2.57. The van der Waals surface area contributed by atoms with Gasteiger partial charge in [-0.3, -0.25) is 4.90 Å². The van der Waals surface area contributed by atoms with Crippen LogP contribution in [-0.2, 0) is 11.3 Å². The maximum Gasteiger partial charge on any atom is 0.127 e. The van der Waals surface area contributed by atoms with Crippen molar-refractivity contribution < 1.29 is 4.74 Å². The number of rotatable bonds is 4. The first-order chi connectivity index (χ1) is 11.1. The molecule has 2 heterocycles. The molecule has 1 aliphatic heterocycles. The van der Waals surface area contributed by atoms with Crippen molar-refractivity contribution in [2.24, 2.45) is 5.92 Å². The van der Waals surface area contributed by atoms with Crippen LogP contribution in [-0.4, -0.2) is 29.1 Å². The van der Waals surface area contributed by atoms with Gasteiger partial charge in [-0.15, -0.1) is 0 Å². The van der Waals surface area contributed by atoms with Gasteiger partial charge in [0.25, 0.3) is 0 Å². The molecule has 0 bridgehead atoms. The lowest BCUT2D eigenvalue weighted by Crippen LogP contribution is -2.45. The molecule has 2 N–H and O–H groups in total. The lowest BCUT2D eigenvalue weighted by Gasteiger charge is -2.40. The Hall–Kier alpha value is -1.91. The van der Waals surface area contributed by atoms with Crippen LogP contribution in [0.25, 0.3) is 0 Å². The van der Waals surface area contributed by atoms with Gasteiger partial charge >= 0.3 is 0 Å². The number of nitrogen functional groups attached to an aromatic ring is 1. The van der Waals surface area contributed by atoms with Crippen molar-refractivity contribution in [1.29, 1.82) is 0 Å². The lowest BCUT2D eigenvalue weighted by atomic mass is 10.0. The van der Waals surface area contributed by atoms with Crippen molar-refractivity contribution in [3.63, 3.8) is 0 Å². The van der Waals surface area contributed by atoms with Gasteiger partial charge < -0.3 is 10.5 Å². The van der Waals surface area contributed by atoms with E-state index in [2.05, 4.69) is 54.1 Å². The summed E-state index contributed by atoms with van der Waals surface area (Å²) in [6.45, 7) is 7.05. The number of morpholine rings is 1. The van der Waals surface area contributed by atoms with E-state index in [0.29, 0.717) is 11.7 Å². The van der Waals surface area contributed by atoms with Crippen LogP contribution in [0.3, 0.4) is 0 Å². The van der Waals surface area contributed by atoms with Crippen molar-refractivity contribution in [3.8, 4) is 0 Å². The molecule has 23 heavy (non-hydrogen) atoms. The van der Waals surface area contributed by atoms with Crippen LogP contribution < -0.4 is 5.73 Å². The van der Waals surface area contributed by atoms with E-state index < -0.39 is 0 Å². The summed E-state index contributed by atoms with van der Waals surface area (Å²) in [4.78, 5) is 6.63. The molecule has 4 heteroatoms. The second-order valence-electron chi connectivity index (χ2n) is 6.56. The third-order valence-electron chi connectivity index (χ3n) is 4.44. The van der Waals surface area contributed by atoms with Crippen LogP contribution in [0.4, 0.5) is 5.82 Å². The van der Waals surface area contributed by atoms with Gasteiger partial charge in [-0.2, -0.15) is 0 Å². The largest absolute Gasteiger partial charge is 0.383 e. The molecule has 122 valence electrons. The third-order valence-corrected chi connectivity index (χ3v) is 4.44. The fraction of sp³-hybridized carbons (Fsp3) is 0.421. The first-order valence-corrected chi connectivity index (χ1v) is 8.25. The van der Waals surface area contributed by atoms with E-state index in [-0.39, 0.29) is 12.2 Å². The van der Waals surface area contributed by atoms with E-state index >= 15 is 0 Å². The van der Waals surface area contributed by atoms with Crippen molar-refractivity contribution in [1.82, 2.24) is 9.88 Å². The summed E-state index contributed by atoms with van der Waals surface area (Å²) in [5.74, 6) is 1.10. The summed E-state index contributed by atoms with van der Waals surface area (Å²) < 4.78 is 6.34. The Labute approximate surface area is 138 Å². The van der Waals surface area contributed by atoms with Crippen molar-refractivity contribution in [3.05, 3.63) is 59.8 Å². The summed E-state index contributed by atoms with van der Waals surface area (Å²) in [5.41, 5.74) is 8.33. The second-order valence-corrected chi connectivity index (χ2v) is 6.56. The summed E-state index contributed by atoms with van der Waals surface area (Å²) in [7, 11) is 0. The van der Waals surface area contributed by atoms with Crippen molar-refractivity contribution >= 4 is 5.82 Å². The molecule has 2 aromatic rings. The molecular weight excluding hydrogens is 286 g/mol. The third kappa shape index (κ3) is 3.89. The number of hydrogen-bond acceptors (Lipinski definition) is 4. The summed E-state index contributed by atoms with van der Waals surface area (Å²) >= 11 is 0. The van der Waals surface area contributed by atoms with Gasteiger partial charge in [-0.1, -0.05) is 50.2 Å². The van der Waals surface area contributed by atoms with Crippen molar-refractivity contribution in [2.45, 2.75) is 32.6 Å². The predicted octanol–water partition coefficient (Wildman–Crippen LogP) is 3.26. The normalized spacial score (nSPS) is 22.4. The SMILES string of the molecule is CC(C)[C@H]1CN(Cc2cccnc2N)C[C@@H](c2ccccc2)O1. The molecule has 2 atom stereocenters. The Morgan fingerprint density at radius 1 is 1.17 bits per heavy atom. The fourth-order valence-corrected chi connectivity index (χ4v) is 3.03. The minimum atomic E-state index is 0.107. The lowest BCUT2D eigenvalue weighted by molar-refractivity contribution is -0.107. The van der Waals surface area contributed by atoms with E-state index in [0.717, 1.165) is 25.2 Å². The predicted molar refractivity (Wildman–Crippen MR) is 92.8 cm³/mol. The molecule has 1 fully saturated rings. The first kappa shape index (κ1) is 16.0. The first-order valence-electron chi connectivity index (χ1n) is 8.25. The zero-order valence-corrected chi connectivity index (χ0v) is 13.9. The Balaban J connectivity index is 1.78. The number of hydrogen-bond donors (Lipinski definition) is 1. The number of anilines is 1. The molecule has 4 nitrogen and oxygen atoms in total. The molecule has 0 spiro atoms. The topological polar surface area (TPSA) is 51.4 Å². The maximum absolute atomic E-state index is 6.34. The molecule has 1 aliphatic rings. The Morgan fingerprint density at radius 3 is 2.65 bits per heavy atom. The smallest absolute Gasteiger partial charge is 0.127 e. The number of nitrogens with two attached hydrogens (primary N) is 1. The number of aromatic nitrogens is 1. The monoisotopic (exact) mass is 311 g/mol. The zero-order chi connectivity index (χ0) is 16.2. The van der Waals surface area contributed by atoms with Crippen molar-refractivity contribution in [2.75, 3.05) is 18.8 Å². The molecule has 0 aliphatic carbocycles. The maximum atomic E-state index is 6.34. The molecule has 1 saturated heterocycles. The molecule has 0 radical (unpaired) electrons. The average molecular weight is 311 g/mol. The molecule has 0 unspecified atom stereocenters. The number of benzene rings is 1. The fourth-order valence-electron chi connectivity index (χ4n) is 3.03. The highest BCUT2D eigenvalue weighted by Gasteiger charge is 2.30. The summed E-state index contributed by atoms with van der Waals surface area (Å²) in [6, 6.07) is 14.5. The van der Waals surface area contributed by atoms with Gasteiger partial charge in [-0.05, 0) is 17.5 Å². The second kappa shape index (κ2) is 7.11. The van der Waals surface area contributed by atoms with Crippen LogP contribution >= 0.6 is 0 Å². The van der Waals surface area contributed by atoms with E-state index in [1.807, 2.05) is 12.1 Å². The highest BCUT2D eigenvalue weighted by atomic mass is 16.5. The molecule has 3 rings (SSSR count). The van der Waals surface area contributed by atoms with E-state index in [1.54, 1.807) is 6.20 Å². The molecular formula is C19H25N3O. The van der Waals surface area contributed by atoms with Crippen LogP contribution in [0.5, 0.6) is 0 Å². The van der Waals surface area contributed by atoms with Crippen LogP contribution in [0.1, 0.15) is 31.1 Å². The number of nitrogens with zero attached hydrogens (tertiary/aromatic N) is 2. The van der Waals surface area contributed by atoms with Crippen LogP contribution in [0.2, 0.25) is 0 Å². The summed E-state index contributed by atoms with van der Waals surface area (Å²) in [5, 5.41) is 0. The van der Waals surface area contributed by atoms with Gasteiger partial charge in [0, 0.05) is 31.4 Å². The Morgan fingerprint density at radius 2 is 1.96 bits per heavy atom. The van der Waals surface area contributed by atoms with Gasteiger partial charge in [0.2, 0.25) is 0 Å². The minimum Gasteiger partial charge on any atom is -0.383 e. The molecule has 1 aromatic heterocycles. The van der Waals surface area contributed by atoms with Crippen LogP contribution in [0.15, 0.2) is 48.7 Å². The minimum absolute atomic E-state index is 0.107. The summed E-state index contributed by atoms with van der Waals surface area (Å²) in [6.07, 6.45) is 2.07. The van der Waals surface area contributed by atoms with Gasteiger partial charge in [0.1, 0.15) is 5.82 Å². The number of pyridine rings is 1. The van der Waals surface area contributed by atoms with Gasteiger partial charge in [0.05, 0.1) is 12.2 Å². The van der Waals surface area contributed by atoms with Gasteiger partial charge in [-0.25, -0.2) is 4.98 Å². The van der Waals surface area contributed by atoms with Crippen LogP contribution in [0, 0.1) is 5.92 Å². The number of ether oxygens (including phenoxy) is 1. The highest BCUT2D eigenvalue weighted by molar-refractivity contribution is 5.38. The highest BCUT2D eigenvalue weighted by Crippen LogP contribution is 2.29. The Bertz CT molecular complexity index is 630. The molecule has 0 amide bonds. The quantitative estimate of drug-likeness (QED) is 0.941. The van der Waals surface area contributed by atoms with E-state index in [4.69, 9.17) is 10.5 Å². The molecule has 0 saturated carbocycles. The standard InChI is InChI=1S/C19H25N3O/c1-14(2)17-12-22(11-16-9-6-10-21-19(16)20)13-18(23-17)15-7-4-3-5-8-15/h3-10,14,17-18H,11-13H2,1-2H3,(H2,20,21)/t17-,18+/m1/s1. The Kier molecular flexibility index (Phi) is 4.94. The van der Waals surface area contributed by atoms with E-state index in [1.165, 1.54) is 5.56 Å². The van der Waals surface area contributed by atoms with E-state index in [9.17, 15) is 0 Å². The van der Waals surface area contributed by atoms with Gasteiger partial charge in [0.15, 0.2) is 0 Å². The zero-order valence-electron chi connectivity index (χ0n) is 13.9. The molecule has 1 aromatic carbocycles.